The number of piperazine rings is 1. The molecule has 100 valence electrons. The highest BCUT2D eigenvalue weighted by Crippen LogP contribution is 2.27. The SMILES string of the molecule is OCC[C@@H](c1cccc(F)c1F)N1CCNCC1. The number of nitrogens with zero attached hydrogens (tertiary/aromatic N) is 1. The van der Waals surface area contributed by atoms with E-state index < -0.39 is 11.6 Å². The van der Waals surface area contributed by atoms with Crippen molar-refractivity contribution in [3.05, 3.63) is 35.4 Å². The summed E-state index contributed by atoms with van der Waals surface area (Å²) in [5, 5.41) is 12.3. The van der Waals surface area contributed by atoms with Crippen molar-refractivity contribution >= 4 is 0 Å². The Hall–Kier alpha value is -1.04. The van der Waals surface area contributed by atoms with Gasteiger partial charge in [-0.25, -0.2) is 8.78 Å². The predicted molar refractivity (Wildman–Crippen MR) is 65.2 cm³/mol. The van der Waals surface area contributed by atoms with Gasteiger partial charge in [-0.15, -0.1) is 0 Å². The Morgan fingerprint density at radius 2 is 2.00 bits per heavy atom. The predicted octanol–water partition coefficient (Wildman–Crippen LogP) is 1.29. The normalized spacial score (nSPS) is 18.8. The Labute approximate surface area is 105 Å². The first-order chi connectivity index (χ1) is 8.74. The molecule has 0 aromatic heterocycles. The van der Waals surface area contributed by atoms with Crippen LogP contribution < -0.4 is 5.32 Å². The van der Waals surface area contributed by atoms with Gasteiger partial charge in [-0.3, -0.25) is 4.90 Å². The summed E-state index contributed by atoms with van der Waals surface area (Å²) >= 11 is 0. The zero-order valence-corrected chi connectivity index (χ0v) is 10.2. The van der Waals surface area contributed by atoms with Gasteiger partial charge in [0.1, 0.15) is 0 Å². The van der Waals surface area contributed by atoms with Crippen LogP contribution >= 0.6 is 0 Å². The molecule has 18 heavy (non-hydrogen) atoms. The largest absolute Gasteiger partial charge is 0.396 e. The molecule has 1 aromatic rings. The summed E-state index contributed by atoms with van der Waals surface area (Å²) in [7, 11) is 0. The van der Waals surface area contributed by atoms with Crippen molar-refractivity contribution in [2.75, 3.05) is 32.8 Å². The molecule has 0 saturated carbocycles. The molecule has 2 N–H and O–H groups in total. The summed E-state index contributed by atoms with van der Waals surface area (Å²) in [6.07, 6.45) is 0.417. The lowest BCUT2D eigenvalue weighted by molar-refractivity contribution is 0.138. The van der Waals surface area contributed by atoms with Gasteiger partial charge in [-0.05, 0) is 12.5 Å². The van der Waals surface area contributed by atoms with Crippen LogP contribution in [0.25, 0.3) is 0 Å². The molecule has 0 bridgehead atoms. The molecule has 1 heterocycles. The topological polar surface area (TPSA) is 35.5 Å². The van der Waals surface area contributed by atoms with Gasteiger partial charge >= 0.3 is 0 Å². The van der Waals surface area contributed by atoms with Gasteiger partial charge in [0.05, 0.1) is 0 Å². The second kappa shape index (κ2) is 6.22. The van der Waals surface area contributed by atoms with Crippen molar-refractivity contribution in [2.45, 2.75) is 12.5 Å². The zero-order chi connectivity index (χ0) is 13.0. The molecule has 1 saturated heterocycles. The monoisotopic (exact) mass is 256 g/mol. The lowest BCUT2D eigenvalue weighted by Gasteiger charge is -2.35. The molecular formula is C13H18F2N2O. The van der Waals surface area contributed by atoms with E-state index in [2.05, 4.69) is 10.2 Å². The lowest BCUT2D eigenvalue weighted by Crippen LogP contribution is -2.45. The van der Waals surface area contributed by atoms with Crippen LogP contribution in [0.4, 0.5) is 8.78 Å². The van der Waals surface area contributed by atoms with Crippen molar-refractivity contribution in [2.24, 2.45) is 0 Å². The summed E-state index contributed by atoms with van der Waals surface area (Å²) in [5.41, 5.74) is 0.339. The summed E-state index contributed by atoms with van der Waals surface area (Å²) in [4.78, 5) is 2.09. The first-order valence-corrected chi connectivity index (χ1v) is 6.23. The Kier molecular flexibility index (Phi) is 4.63. The Morgan fingerprint density at radius 1 is 1.28 bits per heavy atom. The van der Waals surface area contributed by atoms with Crippen LogP contribution in [0, 0.1) is 11.6 Å². The van der Waals surface area contributed by atoms with E-state index in [0.717, 1.165) is 32.2 Å². The van der Waals surface area contributed by atoms with Crippen LogP contribution in [0.2, 0.25) is 0 Å². The number of nitrogens with one attached hydrogen (secondary N) is 1. The maximum atomic E-state index is 13.8. The minimum Gasteiger partial charge on any atom is -0.396 e. The lowest BCUT2D eigenvalue weighted by atomic mass is 10.0. The summed E-state index contributed by atoms with van der Waals surface area (Å²) in [6, 6.07) is 3.97. The smallest absolute Gasteiger partial charge is 0.163 e. The third kappa shape index (κ3) is 2.85. The van der Waals surface area contributed by atoms with Gasteiger partial charge < -0.3 is 10.4 Å². The maximum Gasteiger partial charge on any atom is 0.163 e. The molecule has 3 nitrogen and oxygen atoms in total. The molecule has 0 aliphatic carbocycles. The standard InChI is InChI=1S/C13H18F2N2O/c14-11-3-1-2-10(13(11)15)12(4-9-18)17-7-5-16-6-8-17/h1-3,12,16,18H,4-9H2/t12-/m0/s1. The first kappa shape index (κ1) is 13.4. The van der Waals surface area contributed by atoms with Gasteiger partial charge in [-0.1, -0.05) is 12.1 Å². The fourth-order valence-electron chi connectivity index (χ4n) is 2.43. The first-order valence-electron chi connectivity index (χ1n) is 6.23. The Bertz CT molecular complexity index is 395. The molecule has 1 atom stereocenters. The van der Waals surface area contributed by atoms with Gasteiger partial charge in [0.15, 0.2) is 11.6 Å². The number of halogens is 2. The van der Waals surface area contributed by atoms with Crippen LogP contribution in [0.15, 0.2) is 18.2 Å². The highest BCUT2D eigenvalue weighted by molar-refractivity contribution is 5.23. The molecule has 1 fully saturated rings. The quantitative estimate of drug-likeness (QED) is 0.852. The number of aliphatic hydroxyl groups excluding tert-OH is 1. The number of rotatable bonds is 4. The zero-order valence-electron chi connectivity index (χ0n) is 10.2. The van der Waals surface area contributed by atoms with Crippen LogP contribution in [0.3, 0.4) is 0 Å². The average molecular weight is 256 g/mol. The van der Waals surface area contributed by atoms with Gasteiger partial charge in [0, 0.05) is 44.4 Å². The van der Waals surface area contributed by atoms with Crippen molar-refractivity contribution in [1.82, 2.24) is 10.2 Å². The van der Waals surface area contributed by atoms with Gasteiger partial charge in [0.25, 0.3) is 0 Å². The third-order valence-corrected chi connectivity index (χ3v) is 3.34. The highest BCUT2D eigenvalue weighted by Gasteiger charge is 2.25. The van der Waals surface area contributed by atoms with Crippen molar-refractivity contribution < 1.29 is 13.9 Å². The molecule has 1 aliphatic rings. The molecule has 0 radical (unpaired) electrons. The van der Waals surface area contributed by atoms with Crippen molar-refractivity contribution in [1.29, 1.82) is 0 Å². The number of hydrogen-bond donors (Lipinski definition) is 2. The fraction of sp³-hybridized carbons (Fsp3) is 0.538. The summed E-state index contributed by atoms with van der Waals surface area (Å²) in [5.74, 6) is -1.62. The Morgan fingerprint density at radius 3 is 2.67 bits per heavy atom. The van der Waals surface area contributed by atoms with Crippen LogP contribution in [-0.4, -0.2) is 42.8 Å². The van der Waals surface area contributed by atoms with E-state index >= 15 is 0 Å². The van der Waals surface area contributed by atoms with Gasteiger partial charge in [0.2, 0.25) is 0 Å². The maximum absolute atomic E-state index is 13.8. The van der Waals surface area contributed by atoms with Crippen LogP contribution in [0.1, 0.15) is 18.0 Å². The molecule has 2 rings (SSSR count). The summed E-state index contributed by atoms with van der Waals surface area (Å²) < 4.78 is 27.1. The Balaban J connectivity index is 2.25. The van der Waals surface area contributed by atoms with E-state index in [0.29, 0.717) is 12.0 Å². The minimum absolute atomic E-state index is 0.0372. The van der Waals surface area contributed by atoms with E-state index in [-0.39, 0.29) is 12.6 Å². The number of benzene rings is 1. The van der Waals surface area contributed by atoms with E-state index in [9.17, 15) is 8.78 Å². The van der Waals surface area contributed by atoms with Crippen molar-refractivity contribution in [3.63, 3.8) is 0 Å². The molecular weight excluding hydrogens is 238 g/mol. The van der Waals surface area contributed by atoms with Crippen LogP contribution in [0.5, 0.6) is 0 Å². The second-order valence-corrected chi connectivity index (χ2v) is 4.46. The number of hydrogen-bond acceptors (Lipinski definition) is 3. The molecule has 0 amide bonds. The fourth-order valence-corrected chi connectivity index (χ4v) is 2.43. The van der Waals surface area contributed by atoms with E-state index in [1.807, 2.05) is 0 Å². The van der Waals surface area contributed by atoms with E-state index in [4.69, 9.17) is 5.11 Å². The average Bonchev–Trinajstić information content (AvgIpc) is 2.41. The van der Waals surface area contributed by atoms with E-state index in [1.54, 1.807) is 6.07 Å². The minimum atomic E-state index is -0.828. The third-order valence-electron chi connectivity index (χ3n) is 3.34. The molecule has 5 heteroatoms. The number of aliphatic hydroxyl groups is 1. The molecule has 0 unspecified atom stereocenters. The molecule has 1 aliphatic heterocycles. The van der Waals surface area contributed by atoms with Crippen molar-refractivity contribution in [3.8, 4) is 0 Å². The van der Waals surface area contributed by atoms with Gasteiger partial charge in [-0.2, -0.15) is 0 Å². The highest BCUT2D eigenvalue weighted by atomic mass is 19.2. The van der Waals surface area contributed by atoms with E-state index in [1.165, 1.54) is 6.07 Å². The summed E-state index contributed by atoms with van der Waals surface area (Å²) in [6.45, 7) is 3.18. The van der Waals surface area contributed by atoms with Crippen LogP contribution in [-0.2, 0) is 0 Å². The molecule has 1 aromatic carbocycles. The molecule has 0 spiro atoms. The second-order valence-electron chi connectivity index (χ2n) is 4.46.